The van der Waals surface area contributed by atoms with E-state index in [9.17, 15) is 0 Å². The van der Waals surface area contributed by atoms with Gasteiger partial charge in [-0.25, -0.2) is 9.97 Å². The molecule has 0 amide bonds. The first-order chi connectivity index (χ1) is 13.8. The van der Waals surface area contributed by atoms with E-state index in [1.54, 1.807) is 0 Å². The maximum Gasteiger partial charge on any atom is 0.139 e. The van der Waals surface area contributed by atoms with E-state index < -0.39 is 0 Å². The third kappa shape index (κ3) is 3.27. The fourth-order valence-corrected chi connectivity index (χ4v) is 4.20. The molecule has 0 radical (unpaired) electrons. The summed E-state index contributed by atoms with van der Waals surface area (Å²) in [5.41, 5.74) is 8.01. The van der Waals surface area contributed by atoms with E-state index in [0.29, 0.717) is 5.82 Å². The van der Waals surface area contributed by atoms with Gasteiger partial charge in [0.1, 0.15) is 29.5 Å². The topological polar surface area (TPSA) is 85.1 Å². The minimum Gasteiger partial charge on any atom is -0.457 e. The standard InChI is InChI=1S/C22H23N5O/c23-21-20(14-6-8-16(9-7-14)28-15-4-2-1-3-5-15)22(27-13-26-21)25-12-19-17-10-24-11-18(17)19/h1-9,13,17-19,24H,10-12H2,(H3,23,25,26,27)/t17-,18+,19-. The highest BCUT2D eigenvalue weighted by Crippen LogP contribution is 2.48. The molecule has 2 aliphatic rings. The first kappa shape index (κ1) is 17.0. The Balaban J connectivity index is 1.33. The highest BCUT2D eigenvalue weighted by molar-refractivity contribution is 5.83. The molecule has 142 valence electrons. The van der Waals surface area contributed by atoms with Crippen LogP contribution in [0, 0.1) is 17.8 Å². The van der Waals surface area contributed by atoms with E-state index in [4.69, 9.17) is 10.5 Å². The molecule has 2 fully saturated rings. The van der Waals surface area contributed by atoms with Crippen LogP contribution in [0.25, 0.3) is 11.1 Å². The highest BCUT2D eigenvalue weighted by atomic mass is 16.5. The number of piperidine rings is 1. The molecule has 3 aromatic rings. The molecule has 1 aromatic heterocycles. The van der Waals surface area contributed by atoms with Crippen LogP contribution in [0.2, 0.25) is 0 Å². The van der Waals surface area contributed by atoms with Gasteiger partial charge in [0.05, 0.1) is 5.56 Å². The van der Waals surface area contributed by atoms with Crippen LogP contribution in [0.5, 0.6) is 11.5 Å². The number of ether oxygens (including phenoxy) is 1. The van der Waals surface area contributed by atoms with E-state index in [1.807, 2.05) is 54.6 Å². The summed E-state index contributed by atoms with van der Waals surface area (Å²) < 4.78 is 5.88. The van der Waals surface area contributed by atoms with Crippen molar-refractivity contribution >= 4 is 11.6 Å². The lowest BCUT2D eigenvalue weighted by Crippen LogP contribution is -2.19. The molecule has 6 nitrogen and oxygen atoms in total. The summed E-state index contributed by atoms with van der Waals surface area (Å²) >= 11 is 0. The number of nitrogens with one attached hydrogen (secondary N) is 2. The Morgan fingerprint density at radius 2 is 1.68 bits per heavy atom. The highest BCUT2D eigenvalue weighted by Gasteiger charge is 2.52. The summed E-state index contributed by atoms with van der Waals surface area (Å²) in [6.45, 7) is 3.20. The van der Waals surface area contributed by atoms with Gasteiger partial charge in [-0.2, -0.15) is 0 Å². The number of nitrogens with zero attached hydrogens (tertiary/aromatic N) is 2. The fourth-order valence-electron chi connectivity index (χ4n) is 4.20. The average Bonchev–Trinajstić information content (AvgIpc) is 3.15. The molecule has 5 rings (SSSR count). The lowest BCUT2D eigenvalue weighted by molar-refractivity contribution is 0.483. The number of rotatable bonds is 6. The quantitative estimate of drug-likeness (QED) is 0.614. The molecule has 1 saturated heterocycles. The third-order valence-corrected chi connectivity index (χ3v) is 5.77. The Kier molecular flexibility index (Phi) is 4.33. The maximum absolute atomic E-state index is 6.20. The number of fused-ring (bicyclic) bond motifs is 1. The van der Waals surface area contributed by atoms with Crippen LogP contribution in [0.15, 0.2) is 60.9 Å². The number of anilines is 2. The molecular formula is C22H23N5O. The molecule has 6 heteroatoms. The van der Waals surface area contributed by atoms with Crippen LogP contribution in [-0.4, -0.2) is 29.6 Å². The van der Waals surface area contributed by atoms with Crippen LogP contribution in [0.3, 0.4) is 0 Å². The minimum atomic E-state index is 0.479. The van der Waals surface area contributed by atoms with Gasteiger partial charge in [-0.3, -0.25) is 0 Å². The molecule has 4 N–H and O–H groups in total. The predicted octanol–water partition coefficient (Wildman–Crippen LogP) is 3.40. The van der Waals surface area contributed by atoms with E-state index >= 15 is 0 Å². The first-order valence-corrected chi connectivity index (χ1v) is 9.68. The summed E-state index contributed by atoms with van der Waals surface area (Å²) in [6.07, 6.45) is 1.52. The summed E-state index contributed by atoms with van der Waals surface area (Å²) in [4.78, 5) is 8.64. The van der Waals surface area contributed by atoms with Crippen LogP contribution in [0.1, 0.15) is 0 Å². The Bertz CT molecular complexity index is 950. The number of nitrogen functional groups attached to an aromatic ring is 1. The number of benzene rings is 2. The van der Waals surface area contributed by atoms with Crippen molar-refractivity contribution < 1.29 is 4.74 Å². The molecular weight excluding hydrogens is 350 g/mol. The largest absolute Gasteiger partial charge is 0.457 e. The molecule has 28 heavy (non-hydrogen) atoms. The van der Waals surface area contributed by atoms with Gasteiger partial charge in [-0.15, -0.1) is 0 Å². The lowest BCUT2D eigenvalue weighted by atomic mass is 10.1. The first-order valence-electron chi connectivity index (χ1n) is 9.68. The van der Waals surface area contributed by atoms with Gasteiger partial charge in [-0.1, -0.05) is 30.3 Å². The van der Waals surface area contributed by atoms with Gasteiger partial charge in [0.25, 0.3) is 0 Å². The summed E-state index contributed by atoms with van der Waals surface area (Å²) in [5, 5.41) is 6.94. The van der Waals surface area contributed by atoms with Crippen LogP contribution >= 0.6 is 0 Å². The maximum atomic E-state index is 6.20. The number of aromatic nitrogens is 2. The van der Waals surface area contributed by atoms with Crippen LogP contribution in [-0.2, 0) is 0 Å². The number of para-hydroxylation sites is 1. The van der Waals surface area contributed by atoms with Crippen molar-refractivity contribution in [3.8, 4) is 22.6 Å². The molecule has 1 aliphatic heterocycles. The van der Waals surface area contributed by atoms with Gasteiger partial charge < -0.3 is 21.1 Å². The van der Waals surface area contributed by atoms with E-state index in [0.717, 1.165) is 65.8 Å². The van der Waals surface area contributed by atoms with Crippen LogP contribution in [0.4, 0.5) is 11.6 Å². The molecule has 0 unspecified atom stereocenters. The van der Waals surface area contributed by atoms with Crippen molar-refractivity contribution in [3.05, 3.63) is 60.9 Å². The number of hydrogen-bond donors (Lipinski definition) is 3. The Labute approximate surface area is 164 Å². The van der Waals surface area contributed by atoms with Gasteiger partial charge in [0, 0.05) is 6.54 Å². The van der Waals surface area contributed by atoms with Crippen molar-refractivity contribution in [2.24, 2.45) is 17.8 Å². The zero-order valence-corrected chi connectivity index (χ0v) is 15.5. The zero-order chi connectivity index (χ0) is 18.9. The van der Waals surface area contributed by atoms with Crippen molar-refractivity contribution in [3.63, 3.8) is 0 Å². The average molecular weight is 373 g/mol. The summed E-state index contributed by atoms with van der Waals surface area (Å²) in [7, 11) is 0. The second-order valence-corrected chi connectivity index (χ2v) is 7.45. The zero-order valence-electron chi connectivity index (χ0n) is 15.5. The lowest BCUT2D eigenvalue weighted by Gasteiger charge is -2.14. The number of hydrogen-bond acceptors (Lipinski definition) is 6. The van der Waals surface area contributed by atoms with Crippen LogP contribution < -0.4 is 21.1 Å². The van der Waals surface area contributed by atoms with Gasteiger partial charge >= 0.3 is 0 Å². The Hall–Kier alpha value is -3.12. The van der Waals surface area contributed by atoms with Gasteiger partial charge in [-0.05, 0) is 60.7 Å². The Morgan fingerprint density at radius 1 is 0.964 bits per heavy atom. The smallest absolute Gasteiger partial charge is 0.139 e. The van der Waals surface area contributed by atoms with Gasteiger partial charge in [0.15, 0.2) is 0 Å². The molecule has 1 aliphatic carbocycles. The molecule has 0 bridgehead atoms. The third-order valence-electron chi connectivity index (χ3n) is 5.77. The number of nitrogens with two attached hydrogens (primary N) is 1. The SMILES string of the molecule is Nc1ncnc(NC[C@@H]2[C@@H]3CNC[C@@H]32)c1-c1ccc(Oc2ccccc2)cc1. The van der Waals surface area contributed by atoms with Crippen molar-refractivity contribution in [2.75, 3.05) is 30.7 Å². The van der Waals surface area contributed by atoms with Crippen molar-refractivity contribution in [1.82, 2.24) is 15.3 Å². The molecule has 1 saturated carbocycles. The second-order valence-electron chi connectivity index (χ2n) is 7.45. The normalized spacial score (nSPS) is 22.5. The van der Waals surface area contributed by atoms with Crippen molar-refractivity contribution in [2.45, 2.75) is 0 Å². The van der Waals surface area contributed by atoms with E-state index in [-0.39, 0.29) is 0 Å². The van der Waals surface area contributed by atoms with Crippen molar-refractivity contribution in [1.29, 1.82) is 0 Å². The Morgan fingerprint density at radius 3 is 2.43 bits per heavy atom. The van der Waals surface area contributed by atoms with Gasteiger partial charge in [0.2, 0.25) is 0 Å². The van der Waals surface area contributed by atoms with E-state index in [1.165, 1.54) is 6.33 Å². The fraction of sp³-hybridized carbons (Fsp3) is 0.273. The summed E-state index contributed by atoms with van der Waals surface area (Å²) in [5.74, 6) is 5.21. The monoisotopic (exact) mass is 373 g/mol. The molecule has 0 spiro atoms. The second kappa shape index (κ2) is 7.13. The predicted molar refractivity (Wildman–Crippen MR) is 110 cm³/mol. The minimum absolute atomic E-state index is 0.479. The van der Waals surface area contributed by atoms with E-state index in [2.05, 4.69) is 20.6 Å². The molecule has 2 aromatic carbocycles. The summed E-state index contributed by atoms with van der Waals surface area (Å²) in [6, 6.07) is 17.6. The molecule has 3 atom stereocenters. The molecule has 2 heterocycles.